The van der Waals surface area contributed by atoms with Crippen LogP contribution in [0.4, 0.5) is 5.69 Å². The van der Waals surface area contributed by atoms with Crippen molar-refractivity contribution >= 4 is 33.0 Å². The van der Waals surface area contributed by atoms with Gasteiger partial charge in [-0.05, 0) is 24.1 Å². The summed E-state index contributed by atoms with van der Waals surface area (Å²) in [6.07, 6.45) is 1.78. The first-order valence-corrected chi connectivity index (χ1v) is 11.4. The highest BCUT2D eigenvalue weighted by Gasteiger charge is 2.16. The molecule has 28 heavy (non-hydrogen) atoms. The summed E-state index contributed by atoms with van der Waals surface area (Å²) in [5, 5.41) is 3.74. The van der Waals surface area contributed by atoms with Crippen molar-refractivity contribution in [1.82, 2.24) is 10.3 Å². The molecule has 0 spiro atoms. The third kappa shape index (κ3) is 5.40. The Bertz CT molecular complexity index is 1080. The van der Waals surface area contributed by atoms with E-state index in [1.54, 1.807) is 24.3 Å². The lowest BCUT2D eigenvalue weighted by molar-refractivity contribution is 0.0954. The fourth-order valence-corrected chi connectivity index (χ4v) is 4.35. The summed E-state index contributed by atoms with van der Waals surface area (Å²) >= 11 is 1.38. The minimum absolute atomic E-state index is 0.211. The quantitative estimate of drug-likeness (QED) is 0.619. The molecular formula is C20H21N3O3S2. The maximum Gasteiger partial charge on any atom is 0.263 e. The van der Waals surface area contributed by atoms with E-state index < -0.39 is 10.0 Å². The predicted molar refractivity (Wildman–Crippen MR) is 112 cm³/mol. The standard InChI is InChI=1S/C20H21N3O3S2/c1-14-19(27-18(22-14)12-15-8-4-3-5-9-15)20(24)21-13-16-10-6-7-11-17(16)23-28(2,25)26/h3-11,23H,12-13H2,1-2H3,(H,21,24). The highest BCUT2D eigenvalue weighted by Crippen LogP contribution is 2.22. The summed E-state index contributed by atoms with van der Waals surface area (Å²) in [6.45, 7) is 2.03. The fraction of sp³-hybridized carbons (Fsp3) is 0.200. The Kier molecular flexibility index (Phi) is 6.11. The van der Waals surface area contributed by atoms with Crippen LogP contribution >= 0.6 is 11.3 Å². The van der Waals surface area contributed by atoms with Crippen LogP contribution < -0.4 is 10.0 Å². The van der Waals surface area contributed by atoms with Gasteiger partial charge in [0, 0.05) is 13.0 Å². The number of carbonyl (C=O) groups is 1. The maximum atomic E-state index is 12.6. The third-order valence-electron chi connectivity index (χ3n) is 4.00. The molecule has 0 saturated carbocycles. The zero-order valence-electron chi connectivity index (χ0n) is 15.6. The number of carbonyl (C=O) groups excluding carboxylic acids is 1. The molecule has 0 saturated heterocycles. The lowest BCUT2D eigenvalue weighted by Gasteiger charge is -2.11. The molecule has 0 aliphatic rings. The number of para-hydroxylation sites is 1. The van der Waals surface area contributed by atoms with Crippen LogP contribution in [0.25, 0.3) is 0 Å². The first kappa shape index (κ1) is 20.0. The minimum atomic E-state index is -3.39. The monoisotopic (exact) mass is 415 g/mol. The summed E-state index contributed by atoms with van der Waals surface area (Å²) in [6, 6.07) is 17.0. The summed E-state index contributed by atoms with van der Waals surface area (Å²) in [5.74, 6) is -0.219. The first-order chi connectivity index (χ1) is 13.3. The van der Waals surface area contributed by atoms with E-state index in [1.165, 1.54) is 11.3 Å². The van der Waals surface area contributed by atoms with Gasteiger partial charge in [0.15, 0.2) is 0 Å². The minimum Gasteiger partial charge on any atom is -0.347 e. The number of hydrogen-bond acceptors (Lipinski definition) is 5. The second-order valence-corrected chi connectivity index (χ2v) is 9.23. The van der Waals surface area contributed by atoms with Crippen molar-refractivity contribution < 1.29 is 13.2 Å². The number of nitrogens with one attached hydrogen (secondary N) is 2. The van der Waals surface area contributed by atoms with Gasteiger partial charge in [-0.3, -0.25) is 9.52 Å². The van der Waals surface area contributed by atoms with E-state index in [0.717, 1.165) is 16.8 Å². The lowest BCUT2D eigenvalue weighted by atomic mass is 10.2. The van der Waals surface area contributed by atoms with Gasteiger partial charge in [0.1, 0.15) is 4.88 Å². The van der Waals surface area contributed by atoms with Crippen molar-refractivity contribution in [1.29, 1.82) is 0 Å². The highest BCUT2D eigenvalue weighted by atomic mass is 32.2. The Morgan fingerprint density at radius 2 is 1.75 bits per heavy atom. The van der Waals surface area contributed by atoms with Crippen LogP contribution in [0.3, 0.4) is 0 Å². The number of hydrogen-bond donors (Lipinski definition) is 2. The molecule has 146 valence electrons. The Hall–Kier alpha value is -2.71. The van der Waals surface area contributed by atoms with E-state index in [2.05, 4.69) is 15.0 Å². The number of benzene rings is 2. The molecule has 0 fully saturated rings. The molecule has 3 rings (SSSR count). The maximum absolute atomic E-state index is 12.6. The number of thiazole rings is 1. The molecule has 2 aromatic carbocycles. The van der Waals surface area contributed by atoms with Crippen molar-refractivity contribution in [3.8, 4) is 0 Å². The van der Waals surface area contributed by atoms with Crippen LogP contribution in [0.15, 0.2) is 54.6 Å². The Labute approximate surface area is 168 Å². The van der Waals surface area contributed by atoms with Crippen molar-refractivity contribution in [2.45, 2.75) is 19.9 Å². The van der Waals surface area contributed by atoms with Crippen LogP contribution in [-0.4, -0.2) is 25.6 Å². The molecule has 1 aromatic heterocycles. The van der Waals surface area contributed by atoms with Crippen molar-refractivity contribution in [2.24, 2.45) is 0 Å². The van der Waals surface area contributed by atoms with Gasteiger partial charge in [-0.1, -0.05) is 48.5 Å². The number of sulfonamides is 1. The molecule has 0 unspecified atom stereocenters. The second-order valence-electron chi connectivity index (χ2n) is 6.40. The van der Waals surface area contributed by atoms with Gasteiger partial charge in [-0.2, -0.15) is 0 Å². The van der Waals surface area contributed by atoms with E-state index >= 15 is 0 Å². The van der Waals surface area contributed by atoms with Gasteiger partial charge >= 0.3 is 0 Å². The Morgan fingerprint density at radius 3 is 2.46 bits per heavy atom. The molecule has 8 heteroatoms. The summed E-state index contributed by atoms with van der Waals surface area (Å²) in [7, 11) is -3.39. The topological polar surface area (TPSA) is 88.2 Å². The number of rotatable bonds is 7. The third-order valence-corrected chi connectivity index (χ3v) is 5.74. The molecule has 0 radical (unpaired) electrons. The van der Waals surface area contributed by atoms with Crippen molar-refractivity contribution in [3.05, 3.63) is 81.3 Å². The zero-order valence-corrected chi connectivity index (χ0v) is 17.2. The zero-order chi connectivity index (χ0) is 20.1. The average Bonchev–Trinajstić information content (AvgIpc) is 3.00. The normalized spacial score (nSPS) is 11.2. The molecule has 0 bridgehead atoms. The fourth-order valence-electron chi connectivity index (χ4n) is 2.74. The number of aromatic nitrogens is 1. The molecule has 1 heterocycles. The molecule has 1 amide bonds. The van der Waals surface area contributed by atoms with E-state index in [9.17, 15) is 13.2 Å². The van der Waals surface area contributed by atoms with Crippen LogP contribution in [0.2, 0.25) is 0 Å². The second kappa shape index (κ2) is 8.53. The molecule has 0 aliphatic heterocycles. The SMILES string of the molecule is Cc1nc(Cc2ccccc2)sc1C(=O)NCc1ccccc1NS(C)(=O)=O. The van der Waals surface area contributed by atoms with Gasteiger partial charge < -0.3 is 5.32 Å². The van der Waals surface area contributed by atoms with E-state index in [4.69, 9.17) is 0 Å². The average molecular weight is 416 g/mol. The largest absolute Gasteiger partial charge is 0.347 e. The molecule has 6 nitrogen and oxygen atoms in total. The van der Waals surface area contributed by atoms with Gasteiger partial charge in [0.25, 0.3) is 5.91 Å². The van der Waals surface area contributed by atoms with Crippen molar-refractivity contribution in [2.75, 3.05) is 11.0 Å². The summed E-state index contributed by atoms with van der Waals surface area (Å²) in [4.78, 5) is 17.7. The van der Waals surface area contributed by atoms with Gasteiger partial charge in [0.05, 0.1) is 22.6 Å². The Morgan fingerprint density at radius 1 is 1.07 bits per heavy atom. The smallest absolute Gasteiger partial charge is 0.263 e. The number of nitrogens with zero attached hydrogens (tertiary/aromatic N) is 1. The molecule has 0 aliphatic carbocycles. The summed E-state index contributed by atoms with van der Waals surface area (Å²) < 4.78 is 25.5. The van der Waals surface area contributed by atoms with Crippen molar-refractivity contribution in [3.63, 3.8) is 0 Å². The van der Waals surface area contributed by atoms with Crippen LogP contribution in [0.5, 0.6) is 0 Å². The number of anilines is 1. The van der Waals surface area contributed by atoms with E-state index in [1.807, 2.05) is 37.3 Å². The van der Waals surface area contributed by atoms with Gasteiger partial charge in [0.2, 0.25) is 10.0 Å². The molecular weight excluding hydrogens is 394 g/mol. The van der Waals surface area contributed by atoms with Crippen LogP contribution in [0.1, 0.15) is 31.5 Å². The molecule has 0 atom stereocenters. The highest BCUT2D eigenvalue weighted by molar-refractivity contribution is 7.92. The molecule has 3 aromatic rings. The van der Waals surface area contributed by atoms with Gasteiger partial charge in [-0.15, -0.1) is 11.3 Å². The van der Waals surface area contributed by atoms with E-state index in [-0.39, 0.29) is 12.5 Å². The first-order valence-electron chi connectivity index (χ1n) is 8.66. The summed E-state index contributed by atoms with van der Waals surface area (Å²) in [5.41, 5.74) is 2.98. The van der Waals surface area contributed by atoms with Gasteiger partial charge in [-0.25, -0.2) is 13.4 Å². The van der Waals surface area contributed by atoms with Crippen LogP contribution in [-0.2, 0) is 23.0 Å². The number of amides is 1. The van der Waals surface area contributed by atoms with E-state index in [0.29, 0.717) is 28.2 Å². The lowest BCUT2D eigenvalue weighted by Crippen LogP contribution is -2.23. The predicted octanol–water partition coefficient (Wildman–Crippen LogP) is 3.34. The van der Waals surface area contributed by atoms with Crippen LogP contribution in [0, 0.1) is 6.92 Å². The Balaban J connectivity index is 1.69. The molecule has 2 N–H and O–H groups in total. The number of aryl methyl sites for hydroxylation is 1.